The average Bonchev–Trinajstić information content (AvgIpc) is 2.67. The highest BCUT2D eigenvalue weighted by Gasteiger charge is 2.32. The van der Waals surface area contributed by atoms with E-state index in [2.05, 4.69) is 28.6 Å². The second kappa shape index (κ2) is 13.9. The molecular formula is C19H34N4O7S. The van der Waals surface area contributed by atoms with Gasteiger partial charge in [0.2, 0.25) is 17.7 Å². The fraction of sp³-hybridized carbons (Fsp3) is 0.737. The molecule has 12 heteroatoms. The predicted molar refractivity (Wildman–Crippen MR) is 116 cm³/mol. The SMILES string of the molecule is CCC(C)C(NC(=O)C(CS)NC(=O)C(N)CC(=O)O)C(=O)NC(CC(C)C)C(=O)O. The fourth-order valence-corrected chi connectivity index (χ4v) is 2.92. The molecule has 0 saturated carbocycles. The molecule has 0 aromatic heterocycles. The van der Waals surface area contributed by atoms with Crippen molar-refractivity contribution in [3.63, 3.8) is 0 Å². The Hall–Kier alpha value is -2.34. The summed E-state index contributed by atoms with van der Waals surface area (Å²) >= 11 is 4.03. The first kappa shape index (κ1) is 28.7. The molecule has 7 N–H and O–H groups in total. The largest absolute Gasteiger partial charge is 0.481 e. The summed E-state index contributed by atoms with van der Waals surface area (Å²) in [4.78, 5) is 59.6. The van der Waals surface area contributed by atoms with Crippen molar-refractivity contribution in [2.75, 3.05) is 5.75 Å². The van der Waals surface area contributed by atoms with Gasteiger partial charge in [-0.05, 0) is 18.3 Å². The van der Waals surface area contributed by atoms with Crippen LogP contribution in [0.1, 0.15) is 47.0 Å². The summed E-state index contributed by atoms with van der Waals surface area (Å²) in [5.41, 5.74) is 5.49. The van der Waals surface area contributed by atoms with Crippen LogP contribution in [-0.4, -0.2) is 69.8 Å². The molecule has 0 fully saturated rings. The lowest BCUT2D eigenvalue weighted by Crippen LogP contribution is -2.59. The zero-order valence-electron chi connectivity index (χ0n) is 18.3. The van der Waals surface area contributed by atoms with E-state index in [9.17, 15) is 29.1 Å². The summed E-state index contributed by atoms with van der Waals surface area (Å²) in [5.74, 6) is -5.09. The van der Waals surface area contributed by atoms with Crippen molar-refractivity contribution in [3.05, 3.63) is 0 Å². The number of carbonyl (C=O) groups excluding carboxylic acids is 3. The average molecular weight is 463 g/mol. The van der Waals surface area contributed by atoms with E-state index < -0.39 is 60.2 Å². The van der Waals surface area contributed by atoms with Gasteiger partial charge in [-0.3, -0.25) is 19.2 Å². The van der Waals surface area contributed by atoms with Crippen LogP contribution in [-0.2, 0) is 24.0 Å². The number of nitrogens with one attached hydrogen (secondary N) is 3. The molecule has 0 heterocycles. The molecule has 31 heavy (non-hydrogen) atoms. The van der Waals surface area contributed by atoms with Gasteiger partial charge in [-0.2, -0.15) is 12.6 Å². The van der Waals surface area contributed by atoms with Crippen molar-refractivity contribution in [1.29, 1.82) is 0 Å². The molecule has 178 valence electrons. The first-order valence-corrected chi connectivity index (χ1v) is 10.7. The Morgan fingerprint density at radius 3 is 1.87 bits per heavy atom. The number of aliphatic carboxylic acids is 2. The predicted octanol–water partition coefficient (Wildman–Crippen LogP) is -0.651. The summed E-state index contributed by atoms with van der Waals surface area (Å²) in [6.07, 6.45) is 0.123. The number of amides is 3. The molecular weight excluding hydrogens is 428 g/mol. The molecule has 0 saturated heterocycles. The fourth-order valence-electron chi connectivity index (χ4n) is 2.66. The van der Waals surface area contributed by atoms with Gasteiger partial charge in [-0.1, -0.05) is 34.1 Å². The lowest BCUT2D eigenvalue weighted by molar-refractivity contribution is -0.143. The van der Waals surface area contributed by atoms with Gasteiger partial charge in [-0.15, -0.1) is 0 Å². The highest BCUT2D eigenvalue weighted by Crippen LogP contribution is 2.11. The molecule has 0 rings (SSSR count). The zero-order valence-corrected chi connectivity index (χ0v) is 19.1. The third kappa shape index (κ3) is 10.5. The second-order valence-corrected chi connectivity index (χ2v) is 8.21. The van der Waals surface area contributed by atoms with Crippen molar-refractivity contribution >= 4 is 42.3 Å². The minimum absolute atomic E-state index is 0.0248. The van der Waals surface area contributed by atoms with E-state index in [0.29, 0.717) is 6.42 Å². The quantitative estimate of drug-likeness (QED) is 0.166. The number of thiol groups is 1. The van der Waals surface area contributed by atoms with Crippen molar-refractivity contribution in [2.24, 2.45) is 17.6 Å². The smallest absolute Gasteiger partial charge is 0.326 e. The highest BCUT2D eigenvalue weighted by molar-refractivity contribution is 7.80. The number of carboxylic acid groups (broad SMARTS) is 2. The third-order valence-electron chi connectivity index (χ3n) is 4.66. The van der Waals surface area contributed by atoms with E-state index >= 15 is 0 Å². The summed E-state index contributed by atoms with van der Waals surface area (Å²) < 4.78 is 0. The van der Waals surface area contributed by atoms with Crippen LogP contribution in [0.3, 0.4) is 0 Å². The van der Waals surface area contributed by atoms with Crippen LogP contribution in [0.25, 0.3) is 0 Å². The number of nitrogens with two attached hydrogens (primary N) is 1. The van der Waals surface area contributed by atoms with Gasteiger partial charge in [0.15, 0.2) is 0 Å². The molecule has 5 unspecified atom stereocenters. The van der Waals surface area contributed by atoms with E-state index in [1.165, 1.54) is 0 Å². The summed E-state index contributed by atoms with van der Waals surface area (Å²) in [6.45, 7) is 7.18. The number of carbonyl (C=O) groups is 5. The summed E-state index contributed by atoms with van der Waals surface area (Å²) in [6, 6.07) is -4.67. The molecule has 0 aliphatic carbocycles. The zero-order chi connectivity index (χ0) is 24.3. The minimum atomic E-state index is -1.35. The third-order valence-corrected chi connectivity index (χ3v) is 5.03. The standard InChI is InChI=1S/C19H34N4O7S/c1-5-10(4)15(18(28)21-12(19(29)30)6-9(2)3)23-17(27)13(8-31)22-16(26)11(20)7-14(24)25/h9-13,15,31H,5-8,20H2,1-4H3,(H,21,28)(H,22,26)(H,23,27)(H,24,25)(H,29,30). The first-order chi connectivity index (χ1) is 14.3. The molecule has 5 atom stereocenters. The maximum atomic E-state index is 12.8. The summed E-state index contributed by atoms with van der Waals surface area (Å²) in [5, 5.41) is 25.4. The molecule has 11 nitrogen and oxygen atoms in total. The van der Waals surface area contributed by atoms with Crippen LogP contribution >= 0.6 is 12.6 Å². The van der Waals surface area contributed by atoms with Crippen LogP contribution in [0.5, 0.6) is 0 Å². The molecule has 0 aliphatic rings. The van der Waals surface area contributed by atoms with Crippen molar-refractivity contribution < 1.29 is 34.2 Å². The number of carboxylic acids is 2. The van der Waals surface area contributed by atoms with Crippen LogP contribution in [0.2, 0.25) is 0 Å². The monoisotopic (exact) mass is 462 g/mol. The Balaban J connectivity index is 5.33. The molecule has 3 amide bonds. The molecule has 0 aliphatic heterocycles. The van der Waals surface area contributed by atoms with Gasteiger partial charge < -0.3 is 31.9 Å². The van der Waals surface area contributed by atoms with Gasteiger partial charge >= 0.3 is 11.9 Å². The van der Waals surface area contributed by atoms with Crippen LogP contribution < -0.4 is 21.7 Å². The van der Waals surface area contributed by atoms with Crippen molar-refractivity contribution in [1.82, 2.24) is 16.0 Å². The Kier molecular flexibility index (Phi) is 12.8. The molecule has 0 spiro atoms. The van der Waals surface area contributed by atoms with E-state index in [0.717, 1.165) is 0 Å². The highest BCUT2D eigenvalue weighted by atomic mass is 32.1. The van der Waals surface area contributed by atoms with Crippen LogP contribution in [0, 0.1) is 11.8 Å². The van der Waals surface area contributed by atoms with E-state index in [4.69, 9.17) is 10.8 Å². The number of rotatable bonds is 14. The topological polar surface area (TPSA) is 188 Å². The maximum absolute atomic E-state index is 12.8. The Morgan fingerprint density at radius 1 is 0.903 bits per heavy atom. The minimum Gasteiger partial charge on any atom is -0.481 e. The number of hydrogen-bond acceptors (Lipinski definition) is 7. The van der Waals surface area contributed by atoms with Gasteiger partial charge in [0.25, 0.3) is 0 Å². The first-order valence-electron chi connectivity index (χ1n) is 10.1. The maximum Gasteiger partial charge on any atom is 0.326 e. The normalized spacial score (nSPS) is 15.8. The van der Waals surface area contributed by atoms with Crippen LogP contribution in [0.15, 0.2) is 0 Å². The van der Waals surface area contributed by atoms with E-state index in [1.807, 2.05) is 20.8 Å². The van der Waals surface area contributed by atoms with E-state index in [-0.39, 0.29) is 24.0 Å². The van der Waals surface area contributed by atoms with Crippen molar-refractivity contribution in [3.8, 4) is 0 Å². The Bertz CT molecular complexity index is 659. The Morgan fingerprint density at radius 2 is 1.45 bits per heavy atom. The molecule has 0 radical (unpaired) electrons. The lowest BCUT2D eigenvalue weighted by Gasteiger charge is -2.28. The van der Waals surface area contributed by atoms with Gasteiger partial charge in [-0.25, -0.2) is 4.79 Å². The van der Waals surface area contributed by atoms with Gasteiger partial charge in [0.05, 0.1) is 12.5 Å². The molecule has 0 aromatic carbocycles. The van der Waals surface area contributed by atoms with Gasteiger partial charge in [0, 0.05) is 5.75 Å². The second-order valence-electron chi connectivity index (χ2n) is 7.85. The van der Waals surface area contributed by atoms with Crippen LogP contribution in [0.4, 0.5) is 0 Å². The lowest BCUT2D eigenvalue weighted by atomic mass is 9.96. The molecule has 0 bridgehead atoms. The van der Waals surface area contributed by atoms with Crippen molar-refractivity contribution in [2.45, 2.75) is 71.1 Å². The van der Waals surface area contributed by atoms with Gasteiger partial charge in [0.1, 0.15) is 18.1 Å². The number of hydrogen-bond donors (Lipinski definition) is 7. The Labute approximate surface area is 187 Å². The van der Waals surface area contributed by atoms with E-state index in [1.54, 1.807) is 6.92 Å². The molecule has 0 aromatic rings. The summed E-state index contributed by atoms with van der Waals surface area (Å²) in [7, 11) is 0.